The van der Waals surface area contributed by atoms with E-state index in [2.05, 4.69) is 9.88 Å². The highest BCUT2D eigenvalue weighted by Crippen LogP contribution is 2.31. The van der Waals surface area contributed by atoms with Gasteiger partial charge in [-0.3, -0.25) is 9.69 Å². The summed E-state index contributed by atoms with van der Waals surface area (Å²) in [6.45, 7) is 6.50. The molecule has 0 saturated carbocycles. The lowest BCUT2D eigenvalue weighted by Gasteiger charge is -2.24. The van der Waals surface area contributed by atoms with E-state index >= 15 is 0 Å². The van der Waals surface area contributed by atoms with Gasteiger partial charge in [0.25, 0.3) is 5.91 Å². The Morgan fingerprint density at radius 3 is 2.50 bits per heavy atom. The Morgan fingerprint density at radius 2 is 1.83 bits per heavy atom. The number of carbonyl (C=O) groups is 1. The summed E-state index contributed by atoms with van der Waals surface area (Å²) < 4.78 is 33.6. The molecule has 1 aromatic heterocycles. The van der Waals surface area contributed by atoms with Crippen LogP contribution < -0.4 is 9.64 Å². The average Bonchev–Trinajstić information content (AvgIpc) is 3.14. The van der Waals surface area contributed by atoms with E-state index in [9.17, 15) is 13.6 Å². The lowest BCUT2D eigenvalue weighted by atomic mass is 10.3. The fourth-order valence-electron chi connectivity index (χ4n) is 2.92. The van der Waals surface area contributed by atoms with Crippen molar-refractivity contribution in [1.29, 1.82) is 0 Å². The third kappa shape index (κ3) is 5.44. The van der Waals surface area contributed by atoms with Gasteiger partial charge >= 0.3 is 0 Å². The number of carbonyl (C=O) groups excluding carboxylic acids is 1. The number of benzene rings is 2. The Hall–Kier alpha value is -2.29. The number of aromatic nitrogens is 1. The van der Waals surface area contributed by atoms with Gasteiger partial charge in [0.1, 0.15) is 17.1 Å². The van der Waals surface area contributed by atoms with Crippen LogP contribution in [-0.2, 0) is 4.79 Å². The van der Waals surface area contributed by atoms with E-state index in [1.54, 1.807) is 24.3 Å². The number of hydrogen-bond donors (Lipinski definition) is 0. The molecular weight excluding hydrogens is 432 g/mol. The number of hydrogen-bond acceptors (Lipinski definition) is 5. The van der Waals surface area contributed by atoms with Gasteiger partial charge in [0.05, 0.1) is 4.70 Å². The first-order valence-corrected chi connectivity index (χ1v) is 10.8. The van der Waals surface area contributed by atoms with Crippen molar-refractivity contribution in [1.82, 2.24) is 9.88 Å². The van der Waals surface area contributed by atoms with Gasteiger partial charge in [-0.05, 0) is 43.4 Å². The second-order valence-corrected chi connectivity index (χ2v) is 7.99. The summed E-state index contributed by atoms with van der Waals surface area (Å²) in [5, 5.41) is 0.879. The summed E-state index contributed by atoms with van der Waals surface area (Å²) in [6.07, 6.45) is 0. The molecule has 0 atom stereocenters. The molecule has 0 aliphatic heterocycles. The highest BCUT2D eigenvalue weighted by atomic mass is 35.5. The number of thiazole rings is 1. The van der Waals surface area contributed by atoms with Crippen molar-refractivity contribution in [2.24, 2.45) is 0 Å². The van der Waals surface area contributed by atoms with Crippen LogP contribution in [-0.4, -0.2) is 48.6 Å². The van der Waals surface area contributed by atoms with Crippen LogP contribution in [0.3, 0.4) is 0 Å². The second kappa shape index (κ2) is 10.1. The van der Waals surface area contributed by atoms with E-state index in [0.29, 0.717) is 33.7 Å². The molecule has 0 fully saturated rings. The Kier molecular flexibility index (Phi) is 7.58. The van der Waals surface area contributed by atoms with Crippen molar-refractivity contribution in [3.05, 3.63) is 53.1 Å². The summed E-state index contributed by atoms with van der Waals surface area (Å²) in [5.41, 5.74) is 0.0515. The Morgan fingerprint density at radius 1 is 1.13 bits per heavy atom. The minimum atomic E-state index is -0.749. The van der Waals surface area contributed by atoms with Crippen molar-refractivity contribution in [3.8, 4) is 5.75 Å². The Balaban J connectivity index is 1.82. The summed E-state index contributed by atoms with van der Waals surface area (Å²) in [4.78, 5) is 20.8. The minimum Gasteiger partial charge on any atom is -0.484 e. The zero-order valence-electron chi connectivity index (χ0n) is 16.7. The largest absolute Gasteiger partial charge is 0.484 e. The molecule has 0 spiro atoms. The number of ether oxygens (including phenoxy) is 1. The number of fused-ring (bicyclic) bond motifs is 1. The molecule has 0 unspecified atom stereocenters. The van der Waals surface area contributed by atoms with Gasteiger partial charge < -0.3 is 9.64 Å². The number of likely N-dealkylation sites (N-methyl/N-ethyl adjacent to an activating group) is 1. The quantitative estimate of drug-likeness (QED) is 0.458. The van der Waals surface area contributed by atoms with Gasteiger partial charge in [0, 0.05) is 24.2 Å². The summed E-state index contributed by atoms with van der Waals surface area (Å²) in [5.74, 6) is -1.24. The molecule has 1 amide bonds. The number of nitrogens with zero attached hydrogens (tertiary/aromatic N) is 3. The smallest absolute Gasteiger partial charge is 0.266 e. The van der Waals surface area contributed by atoms with Crippen LogP contribution in [0, 0.1) is 11.6 Å². The molecule has 160 valence electrons. The molecule has 0 aliphatic carbocycles. The zero-order chi connectivity index (χ0) is 21.7. The number of rotatable bonds is 9. The van der Waals surface area contributed by atoms with Gasteiger partial charge in [-0.25, -0.2) is 13.8 Å². The molecule has 1 heterocycles. The molecule has 0 N–H and O–H groups in total. The summed E-state index contributed by atoms with van der Waals surface area (Å²) in [6, 6.07) is 8.69. The van der Waals surface area contributed by atoms with Gasteiger partial charge in [0.2, 0.25) is 0 Å². The average molecular weight is 454 g/mol. The molecule has 3 aromatic rings. The molecule has 3 rings (SSSR count). The van der Waals surface area contributed by atoms with Crippen LogP contribution in [0.4, 0.5) is 13.9 Å². The van der Waals surface area contributed by atoms with Crippen LogP contribution >= 0.6 is 22.9 Å². The number of anilines is 1. The van der Waals surface area contributed by atoms with Crippen LogP contribution in [0.2, 0.25) is 5.02 Å². The SMILES string of the molecule is CCN(CC)CCN(C(=O)COc1ccc(Cl)cc1)c1nc2c(F)cc(F)cc2s1. The second-order valence-electron chi connectivity index (χ2n) is 6.55. The standard InChI is InChI=1S/C21H22ClF2N3O2S/c1-3-26(4-2)9-10-27(19(28)13-29-16-7-5-14(22)6-8-16)21-25-20-17(24)11-15(23)12-18(20)30-21/h5-8,11-12H,3-4,9-10,13H2,1-2H3. The minimum absolute atomic E-state index is 0.0515. The van der Waals surface area contributed by atoms with Crippen LogP contribution in [0.1, 0.15) is 13.8 Å². The normalized spacial score (nSPS) is 11.3. The van der Waals surface area contributed by atoms with E-state index < -0.39 is 11.6 Å². The number of halogens is 3. The number of amides is 1. The van der Waals surface area contributed by atoms with Crippen LogP contribution in [0.25, 0.3) is 10.2 Å². The van der Waals surface area contributed by atoms with Crippen LogP contribution in [0.15, 0.2) is 36.4 Å². The topological polar surface area (TPSA) is 45.7 Å². The van der Waals surface area contributed by atoms with E-state index in [1.807, 2.05) is 13.8 Å². The molecule has 2 aromatic carbocycles. The fraction of sp³-hybridized carbons (Fsp3) is 0.333. The van der Waals surface area contributed by atoms with Crippen molar-refractivity contribution in [3.63, 3.8) is 0 Å². The van der Waals surface area contributed by atoms with Crippen molar-refractivity contribution in [2.75, 3.05) is 37.7 Å². The van der Waals surface area contributed by atoms with Crippen LogP contribution in [0.5, 0.6) is 5.75 Å². The van der Waals surface area contributed by atoms with E-state index in [1.165, 1.54) is 11.0 Å². The van der Waals surface area contributed by atoms with Crippen molar-refractivity contribution in [2.45, 2.75) is 13.8 Å². The van der Waals surface area contributed by atoms with Crippen molar-refractivity contribution >= 4 is 44.2 Å². The Labute approximate surface area is 182 Å². The molecule has 0 aliphatic rings. The summed E-state index contributed by atoms with van der Waals surface area (Å²) >= 11 is 6.94. The fourth-order valence-corrected chi connectivity index (χ4v) is 4.10. The van der Waals surface area contributed by atoms with E-state index in [4.69, 9.17) is 16.3 Å². The molecule has 0 radical (unpaired) electrons. The predicted octanol–water partition coefficient (Wildman–Crippen LogP) is 4.98. The highest BCUT2D eigenvalue weighted by Gasteiger charge is 2.22. The zero-order valence-corrected chi connectivity index (χ0v) is 18.3. The first-order chi connectivity index (χ1) is 14.4. The molecule has 0 saturated heterocycles. The first-order valence-electron chi connectivity index (χ1n) is 9.58. The molecule has 9 heteroatoms. The van der Waals surface area contributed by atoms with Gasteiger partial charge in [-0.1, -0.05) is 36.8 Å². The lowest BCUT2D eigenvalue weighted by Crippen LogP contribution is -2.41. The maximum atomic E-state index is 14.1. The van der Waals surface area contributed by atoms with Gasteiger partial charge in [0.15, 0.2) is 17.6 Å². The van der Waals surface area contributed by atoms with E-state index in [0.717, 1.165) is 30.5 Å². The third-order valence-corrected chi connectivity index (χ3v) is 5.92. The molecule has 30 heavy (non-hydrogen) atoms. The van der Waals surface area contributed by atoms with Gasteiger partial charge in [-0.2, -0.15) is 0 Å². The highest BCUT2D eigenvalue weighted by molar-refractivity contribution is 7.22. The third-order valence-electron chi connectivity index (χ3n) is 4.64. The summed E-state index contributed by atoms with van der Waals surface area (Å²) in [7, 11) is 0. The lowest BCUT2D eigenvalue weighted by molar-refractivity contribution is -0.120. The first kappa shape index (κ1) is 22.4. The monoisotopic (exact) mass is 453 g/mol. The predicted molar refractivity (Wildman–Crippen MR) is 117 cm³/mol. The maximum absolute atomic E-state index is 14.1. The van der Waals surface area contributed by atoms with E-state index in [-0.39, 0.29) is 18.0 Å². The maximum Gasteiger partial charge on any atom is 0.266 e. The van der Waals surface area contributed by atoms with Crippen molar-refractivity contribution < 1.29 is 18.3 Å². The molecule has 5 nitrogen and oxygen atoms in total. The Bertz CT molecular complexity index is 1010. The van der Waals surface area contributed by atoms with Gasteiger partial charge in [-0.15, -0.1) is 0 Å². The molecular formula is C21H22ClF2N3O2S. The molecule has 0 bridgehead atoms.